The summed E-state index contributed by atoms with van der Waals surface area (Å²) in [5.41, 5.74) is -0.778. The Bertz CT molecular complexity index is 1010. The predicted octanol–water partition coefficient (Wildman–Crippen LogP) is 8.44. The Morgan fingerprint density at radius 2 is 1.21 bits per heavy atom. The molecule has 6 nitrogen and oxygen atoms in total. The predicted molar refractivity (Wildman–Crippen MR) is 149 cm³/mol. The molecule has 1 atom stereocenters. The second kappa shape index (κ2) is 17.2. The van der Waals surface area contributed by atoms with Gasteiger partial charge in [-0.05, 0) is 68.3 Å². The second-order valence-corrected chi connectivity index (χ2v) is 10.00. The molecule has 0 radical (unpaired) electrons. The summed E-state index contributed by atoms with van der Waals surface area (Å²) in [5.74, 6) is 0.262. The number of ether oxygens (including phenoxy) is 3. The third-order valence-corrected chi connectivity index (χ3v) is 6.55. The van der Waals surface area contributed by atoms with Gasteiger partial charge in [-0.3, -0.25) is 0 Å². The number of esters is 2. The van der Waals surface area contributed by atoms with Crippen molar-refractivity contribution in [1.82, 2.24) is 0 Å². The SMILES string of the molecule is CCCCCCCCCCCCOc1ccc(C(=O)Oc2ccc(OC(=O)C(C)(C#N)CCC)cc2)cc1. The molecule has 206 valence electrons. The zero-order valence-electron chi connectivity index (χ0n) is 23.3. The van der Waals surface area contributed by atoms with E-state index in [1.54, 1.807) is 43.3 Å². The summed E-state index contributed by atoms with van der Waals surface area (Å²) in [6.45, 7) is 6.40. The topological polar surface area (TPSA) is 85.6 Å². The van der Waals surface area contributed by atoms with Gasteiger partial charge >= 0.3 is 11.9 Å². The molecule has 0 bridgehead atoms. The van der Waals surface area contributed by atoms with E-state index in [4.69, 9.17) is 14.2 Å². The number of nitriles is 1. The highest BCUT2D eigenvalue weighted by atomic mass is 16.5. The van der Waals surface area contributed by atoms with Crippen LogP contribution in [0.2, 0.25) is 0 Å². The van der Waals surface area contributed by atoms with Gasteiger partial charge in [-0.25, -0.2) is 9.59 Å². The number of unbranched alkanes of at least 4 members (excludes halogenated alkanes) is 9. The van der Waals surface area contributed by atoms with Gasteiger partial charge < -0.3 is 14.2 Å². The largest absolute Gasteiger partial charge is 0.494 e. The van der Waals surface area contributed by atoms with Crippen molar-refractivity contribution in [3.8, 4) is 23.3 Å². The summed E-state index contributed by atoms with van der Waals surface area (Å²) in [5, 5.41) is 9.33. The van der Waals surface area contributed by atoms with Gasteiger partial charge in [-0.2, -0.15) is 5.26 Å². The van der Waals surface area contributed by atoms with Crippen LogP contribution in [0.4, 0.5) is 0 Å². The fourth-order valence-electron chi connectivity index (χ4n) is 4.13. The van der Waals surface area contributed by atoms with Gasteiger partial charge in [0.1, 0.15) is 17.2 Å². The quantitative estimate of drug-likeness (QED) is 0.111. The highest BCUT2D eigenvalue weighted by Gasteiger charge is 2.34. The van der Waals surface area contributed by atoms with Crippen LogP contribution in [0, 0.1) is 16.7 Å². The monoisotopic (exact) mass is 521 g/mol. The number of hydrogen-bond donors (Lipinski definition) is 0. The van der Waals surface area contributed by atoms with Crippen molar-refractivity contribution >= 4 is 11.9 Å². The molecule has 38 heavy (non-hydrogen) atoms. The van der Waals surface area contributed by atoms with Gasteiger partial charge in [0.2, 0.25) is 0 Å². The van der Waals surface area contributed by atoms with Crippen LogP contribution in [-0.4, -0.2) is 18.5 Å². The molecule has 0 amide bonds. The zero-order chi connectivity index (χ0) is 27.6. The van der Waals surface area contributed by atoms with Gasteiger partial charge in [0.25, 0.3) is 0 Å². The summed E-state index contributed by atoms with van der Waals surface area (Å²) in [6.07, 6.45) is 14.0. The highest BCUT2D eigenvalue weighted by molar-refractivity contribution is 5.91. The smallest absolute Gasteiger partial charge is 0.343 e. The van der Waals surface area contributed by atoms with Crippen molar-refractivity contribution in [2.24, 2.45) is 5.41 Å². The van der Waals surface area contributed by atoms with Gasteiger partial charge in [-0.1, -0.05) is 78.1 Å². The molecule has 0 aliphatic rings. The van der Waals surface area contributed by atoms with Crippen molar-refractivity contribution in [2.75, 3.05) is 6.61 Å². The number of carbonyl (C=O) groups is 2. The highest BCUT2D eigenvalue weighted by Crippen LogP contribution is 2.27. The molecule has 0 aromatic heterocycles. The lowest BCUT2D eigenvalue weighted by atomic mass is 9.87. The van der Waals surface area contributed by atoms with Crippen LogP contribution in [0.3, 0.4) is 0 Å². The number of hydrogen-bond acceptors (Lipinski definition) is 6. The van der Waals surface area contributed by atoms with E-state index in [-0.39, 0.29) is 5.75 Å². The molecule has 2 rings (SSSR count). The first-order chi connectivity index (χ1) is 18.4. The molecule has 0 aliphatic heterocycles. The fraction of sp³-hybridized carbons (Fsp3) is 0.531. The fourth-order valence-corrected chi connectivity index (χ4v) is 4.13. The average molecular weight is 522 g/mol. The normalized spacial score (nSPS) is 12.3. The lowest BCUT2D eigenvalue weighted by Crippen LogP contribution is -2.30. The van der Waals surface area contributed by atoms with E-state index in [0.717, 1.165) is 12.2 Å². The first kappa shape index (κ1) is 30.9. The van der Waals surface area contributed by atoms with Gasteiger partial charge in [-0.15, -0.1) is 0 Å². The maximum Gasteiger partial charge on any atom is 0.343 e. The van der Waals surface area contributed by atoms with Crippen LogP contribution in [-0.2, 0) is 4.79 Å². The number of nitrogens with zero attached hydrogens (tertiary/aromatic N) is 1. The Hall–Kier alpha value is -3.33. The number of benzene rings is 2. The van der Waals surface area contributed by atoms with E-state index in [0.29, 0.717) is 30.8 Å². The molecule has 0 saturated carbocycles. The molecule has 0 aliphatic carbocycles. The Morgan fingerprint density at radius 1 is 0.711 bits per heavy atom. The van der Waals surface area contributed by atoms with Gasteiger partial charge in [0, 0.05) is 0 Å². The number of carbonyl (C=O) groups excluding carboxylic acids is 2. The maximum atomic E-state index is 12.5. The molecule has 0 spiro atoms. The minimum absolute atomic E-state index is 0.288. The van der Waals surface area contributed by atoms with Gasteiger partial charge in [0.05, 0.1) is 18.2 Å². The van der Waals surface area contributed by atoms with Crippen LogP contribution < -0.4 is 14.2 Å². The van der Waals surface area contributed by atoms with Crippen molar-refractivity contribution < 1.29 is 23.8 Å². The molecule has 0 saturated heterocycles. The lowest BCUT2D eigenvalue weighted by molar-refractivity contribution is -0.142. The molecule has 1 unspecified atom stereocenters. The summed E-state index contributed by atoms with van der Waals surface area (Å²) in [7, 11) is 0. The molecule has 0 N–H and O–H groups in total. The van der Waals surface area contributed by atoms with Crippen molar-refractivity contribution in [3.63, 3.8) is 0 Å². The Morgan fingerprint density at radius 3 is 1.74 bits per heavy atom. The summed E-state index contributed by atoms with van der Waals surface area (Å²) >= 11 is 0. The van der Waals surface area contributed by atoms with E-state index in [9.17, 15) is 14.9 Å². The maximum absolute atomic E-state index is 12.5. The molecule has 0 heterocycles. The first-order valence-electron chi connectivity index (χ1n) is 14.1. The van der Waals surface area contributed by atoms with Crippen LogP contribution >= 0.6 is 0 Å². The Balaban J connectivity index is 1.69. The van der Waals surface area contributed by atoms with Crippen molar-refractivity contribution in [1.29, 1.82) is 5.26 Å². The molecule has 2 aromatic carbocycles. The second-order valence-electron chi connectivity index (χ2n) is 10.00. The van der Waals surface area contributed by atoms with Crippen LogP contribution in [0.25, 0.3) is 0 Å². The lowest BCUT2D eigenvalue weighted by Gasteiger charge is -2.18. The van der Waals surface area contributed by atoms with Crippen LogP contribution in [0.1, 0.15) is 108 Å². The van der Waals surface area contributed by atoms with E-state index in [1.807, 2.05) is 13.0 Å². The molecule has 0 fully saturated rings. The zero-order valence-corrected chi connectivity index (χ0v) is 23.3. The summed E-state index contributed by atoms with van der Waals surface area (Å²) in [4.78, 5) is 24.9. The van der Waals surface area contributed by atoms with Crippen LogP contribution in [0.5, 0.6) is 17.2 Å². The standard InChI is InChI=1S/C32H43NO5/c1-4-6-7-8-9-10-11-12-13-14-24-36-27-17-15-26(16-18-27)30(34)37-28-19-21-29(22-20-28)38-31(35)32(3,25-33)23-5-2/h15-22H,4-14,23-24H2,1-3H3. The minimum atomic E-state index is -1.19. The first-order valence-corrected chi connectivity index (χ1v) is 14.1. The average Bonchev–Trinajstić information content (AvgIpc) is 2.93. The minimum Gasteiger partial charge on any atom is -0.494 e. The van der Waals surface area contributed by atoms with E-state index >= 15 is 0 Å². The number of rotatable bonds is 18. The molecule has 2 aromatic rings. The van der Waals surface area contributed by atoms with E-state index < -0.39 is 17.4 Å². The van der Waals surface area contributed by atoms with Crippen molar-refractivity contribution in [2.45, 2.75) is 97.8 Å². The summed E-state index contributed by atoms with van der Waals surface area (Å²) in [6, 6.07) is 15.1. The molecule has 6 heteroatoms. The van der Waals surface area contributed by atoms with Crippen molar-refractivity contribution in [3.05, 3.63) is 54.1 Å². The third kappa shape index (κ3) is 11.0. The molecular formula is C32H43NO5. The van der Waals surface area contributed by atoms with E-state index in [2.05, 4.69) is 6.92 Å². The molecular weight excluding hydrogens is 478 g/mol. The third-order valence-electron chi connectivity index (χ3n) is 6.55. The summed E-state index contributed by atoms with van der Waals surface area (Å²) < 4.78 is 16.6. The Labute approximate surface area is 228 Å². The van der Waals surface area contributed by atoms with Crippen LogP contribution in [0.15, 0.2) is 48.5 Å². The van der Waals surface area contributed by atoms with E-state index in [1.165, 1.54) is 69.9 Å². The Kier molecular flexibility index (Phi) is 14.0. The van der Waals surface area contributed by atoms with Gasteiger partial charge in [0.15, 0.2) is 5.41 Å².